The van der Waals surface area contributed by atoms with Crippen LogP contribution in [0.3, 0.4) is 0 Å². The molecule has 0 amide bonds. The molecule has 0 spiro atoms. The monoisotopic (exact) mass is 248 g/mol. The van der Waals surface area contributed by atoms with E-state index in [0.717, 1.165) is 27.9 Å². The standard InChI is InChI=1S/C16H12N2O/c1-19-16-5-3-2-4-13(16)15-9-12-8-11(10-17)6-7-14(12)18-15/h2-9,18H,1H3. The van der Waals surface area contributed by atoms with Crippen molar-refractivity contribution in [2.45, 2.75) is 0 Å². The van der Waals surface area contributed by atoms with Crippen LogP contribution in [0.4, 0.5) is 0 Å². The molecule has 3 aromatic rings. The van der Waals surface area contributed by atoms with Crippen LogP contribution in [0.5, 0.6) is 5.75 Å². The van der Waals surface area contributed by atoms with Crippen LogP contribution >= 0.6 is 0 Å². The molecule has 0 aliphatic heterocycles. The first-order valence-corrected chi connectivity index (χ1v) is 5.98. The van der Waals surface area contributed by atoms with Gasteiger partial charge in [0.15, 0.2) is 0 Å². The Balaban J connectivity index is 2.18. The highest BCUT2D eigenvalue weighted by Gasteiger charge is 2.08. The van der Waals surface area contributed by atoms with Crippen molar-refractivity contribution in [1.82, 2.24) is 4.98 Å². The third-order valence-electron chi connectivity index (χ3n) is 3.15. The molecule has 0 bridgehead atoms. The maximum atomic E-state index is 8.92. The third-order valence-corrected chi connectivity index (χ3v) is 3.15. The van der Waals surface area contributed by atoms with Gasteiger partial charge in [-0.3, -0.25) is 0 Å². The lowest BCUT2D eigenvalue weighted by Gasteiger charge is -2.05. The number of aromatic nitrogens is 1. The molecule has 0 radical (unpaired) electrons. The molecule has 1 heterocycles. The van der Waals surface area contributed by atoms with Crippen molar-refractivity contribution in [3.63, 3.8) is 0 Å². The summed E-state index contributed by atoms with van der Waals surface area (Å²) in [4.78, 5) is 3.35. The second-order valence-electron chi connectivity index (χ2n) is 4.30. The summed E-state index contributed by atoms with van der Waals surface area (Å²) in [6.07, 6.45) is 0. The van der Waals surface area contributed by atoms with Gasteiger partial charge in [-0.25, -0.2) is 0 Å². The Morgan fingerprint density at radius 2 is 1.95 bits per heavy atom. The van der Waals surface area contributed by atoms with E-state index in [-0.39, 0.29) is 0 Å². The molecule has 3 heteroatoms. The topological polar surface area (TPSA) is 48.8 Å². The van der Waals surface area contributed by atoms with Crippen LogP contribution < -0.4 is 4.74 Å². The van der Waals surface area contributed by atoms with Crippen molar-refractivity contribution < 1.29 is 4.74 Å². The molecule has 0 atom stereocenters. The van der Waals surface area contributed by atoms with E-state index in [4.69, 9.17) is 10.00 Å². The average Bonchev–Trinajstić information content (AvgIpc) is 2.89. The number of para-hydroxylation sites is 1. The molecule has 3 nitrogen and oxygen atoms in total. The summed E-state index contributed by atoms with van der Waals surface area (Å²) < 4.78 is 5.37. The van der Waals surface area contributed by atoms with Crippen molar-refractivity contribution in [3.8, 4) is 23.1 Å². The molecule has 0 aliphatic rings. The van der Waals surface area contributed by atoms with Crippen molar-refractivity contribution >= 4 is 10.9 Å². The highest BCUT2D eigenvalue weighted by molar-refractivity contribution is 5.87. The van der Waals surface area contributed by atoms with Crippen molar-refractivity contribution in [3.05, 3.63) is 54.1 Å². The molecular weight excluding hydrogens is 236 g/mol. The summed E-state index contributed by atoms with van der Waals surface area (Å²) in [5, 5.41) is 9.95. The van der Waals surface area contributed by atoms with E-state index in [1.54, 1.807) is 7.11 Å². The first kappa shape index (κ1) is 11.4. The Hall–Kier alpha value is -2.73. The molecule has 0 saturated heterocycles. The molecule has 1 aromatic heterocycles. The quantitative estimate of drug-likeness (QED) is 0.751. The van der Waals surface area contributed by atoms with Gasteiger partial charge in [-0.2, -0.15) is 5.26 Å². The largest absolute Gasteiger partial charge is 0.496 e. The maximum Gasteiger partial charge on any atom is 0.128 e. The second kappa shape index (κ2) is 4.51. The van der Waals surface area contributed by atoms with E-state index in [2.05, 4.69) is 11.1 Å². The number of hydrogen-bond donors (Lipinski definition) is 1. The van der Waals surface area contributed by atoms with E-state index in [1.165, 1.54) is 0 Å². The zero-order valence-corrected chi connectivity index (χ0v) is 10.5. The SMILES string of the molecule is COc1ccccc1-c1cc2cc(C#N)ccc2[nH]1. The Labute approximate surface area is 111 Å². The Kier molecular flexibility index (Phi) is 2.70. The van der Waals surface area contributed by atoms with Gasteiger partial charge in [0.1, 0.15) is 5.75 Å². The minimum atomic E-state index is 0.665. The van der Waals surface area contributed by atoms with E-state index in [1.807, 2.05) is 48.5 Å². The van der Waals surface area contributed by atoms with Crippen LogP contribution in [0.15, 0.2) is 48.5 Å². The number of aromatic amines is 1. The number of nitrogens with one attached hydrogen (secondary N) is 1. The van der Waals surface area contributed by atoms with Crippen LogP contribution in [0.25, 0.3) is 22.2 Å². The number of benzene rings is 2. The molecule has 19 heavy (non-hydrogen) atoms. The molecule has 0 saturated carbocycles. The van der Waals surface area contributed by atoms with Crippen LogP contribution in [0, 0.1) is 11.3 Å². The van der Waals surface area contributed by atoms with Gasteiger partial charge in [-0.05, 0) is 36.4 Å². The summed E-state index contributed by atoms with van der Waals surface area (Å²) >= 11 is 0. The van der Waals surface area contributed by atoms with Crippen LogP contribution in [0.2, 0.25) is 0 Å². The van der Waals surface area contributed by atoms with Crippen molar-refractivity contribution in [1.29, 1.82) is 5.26 Å². The van der Waals surface area contributed by atoms with E-state index >= 15 is 0 Å². The summed E-state index contributed by atoms with van der Waals surface area (Å²) in [7, 11) is 1.66. The number of hydrogen-bond acceptors (Lipinski definition) is 2. The van der Waals surface area contributed by atoms with Crippen LogP contribution in [-0.2, 0) is 0 Å². The molecule has 1 N–H and O–H groups in total. The summed E-state index contributed by atoms with van der Waals surface area (Å²) in [6.45, 7) is 0. The summed E-state index contributed by atoms with van der Waals surface area (Å²) in [5.41, 5.74) is 3.68. The van der Waals surface area contributed by atoms with Gasteiger partial charge in [-0.15, -0.1) is 0 Å². The second-order valence-corrected chi connectivity index (χ2v) is 4.30. The Morgan fingerprint density at radius 3 is 2.74 bits per heavy atom. The molecule has 0 unspecified atom stereocenters. The smallest absolute Gasteiger partial charge is 0.128 e. The number of ether oxygens (including phenoxy) is 1. The molecule has 3 rings (SSSR count). The molecule has 0 fully saturated rings. The predicted octanol–water partition coefficient (Wildman–Crippen LogP) is 3.72. The zero-order chi connectivity index (χ0) is 13.2. The molecule has 92 valence electrons. The van der Waals surface area contributed by atoms with Gasteiger partial charge in [-0.1, -0.05) is 12.1 Å². The number of methoxy groups -OCH3 is 1. The van der Waals surface area contributed by atoms with Gasteiger partial charge in [0, 0.05) is 16.5 Å². The minimum Gasteiger partial charge on any atom is -0.496 e. The van der Waals surface area contributed by atoms with Gasteiger partial charge >= 0.3 is 0 Å². The number of H-pyrrole nitrogens is 1. The van der Waals surface area contributed by atoms with Crippen molar-refractivity contribution in [2.24, 2.45) is 0 Å². The normalized spacial score (nSPS) is 10.3. The first-order valence-electron chi connectivity index (χ1n) is 5.98. The van der Waals surface area contributed by atoms with Crippen LogP contribution in [0.1, 0.15) is 5.56 Å². The Bertz CT molecular complexity index is 781. The van der Waals surface area contributed by atoms with Gasteiger partial charge < -0.3 is 9.72 Å². The minimum absolute atomic E-state index is 0.665. The summed E-state index contributed by atoms with van der Waals surface area (Å²) in [6, 6.07) is 17.7. The van der Waals surface area contributed by atoms with Gasteiger partial charge in [0.25, 0.3) is 0 Å². The van der Waals surface area contributed by atoms with Gasteiger partial charge in [0.05, 0.1) is 24.4 Å². The number of nitrogens with zero attached hydrogens (tertiary/aromatic N) is 1. The van der Waals surface area contributed by atoms with Gasteiger partial charge in [0.2, 0.25) is 0 Å². The zero-order valence-electron chi connectivity index (χ0n) is 10.5. The fourth-order valence-corrected chi connectivity index (χ4v) is 2.21. The predicted molar refractivity (Wildman–Crippen MR) is 75.0 cm³/mol. The van der Waals surface area contributed by atoms with E-state index in [0.29, 0.717) is 5.56 Å². The van der Waals surface area contributed by atoms with E-state index in [9.17, 15) is 0 Å². The molecule has 2 aromatic carbocycles. The fourth-order valence-electron chi connectivity index (χ4n) is 2.21. The van der Waals surface area contributed by atoms with Crippen LogP contribution in [-0.4, -0.2) is 12.1 Å². The lowest BCUT2D eigenvalue weighted by Crippen LogP contribution is -1.86. The molecule has 0 aliphatic carbocycles. The number of rotatable bonds is 2. The summed E-state index contributed by atoms with van der Waals surface area (Å²) in [5.74, 6) is 0.828. The number of nitriles is 1. The first-order chi connectivity index (χ1) is 9.31. The van der Waals surface area contributed by atoms with E-state index < -0.39 is 0 Å². The lowest BCUT2D eigenvalue weighted by molar-refractivity contribution is 0.416. The average molecular weight is 248 g/mol. The van der Waals surface area contributed by atoms with Crippen molar-refractivity contribution in [2.75, 3.05) is 7.11 Å². The highest BCUT2D eigenvalue weighted by Crippen LogP contribution is 2.31. The third kappa shape index (κ3) is 1.94. The lowest BCUT2D eigenvalue weighted by atomic mass is 10.1. The number of fused-ring (bicyclic) bond motifs is 1. The maximum absolute atomic E-state index is 8.92. The Morgan fingerprint density at radius 1 is 1.11 bits per heavy atom. The molecular formula is C16H12N2O. The highest BCUT2D eigenvalue weighted by atomic mass is 16.5. The fraction of sp³-hybridized carbons (Fsp3) is 0.0625.